The second-order valence-electron chi connectivity index (χ2n) is 5.89. The summed E-state index contributed by atoms with van der Waals surface area (Å²) in [5, 5.41) is 23.5. The molecule has 2 aliphatic heterocycles. The van der Waals surface area contributed by atoms with E-state index in [-0.39, 0.29) is 17.9 Å². The van der Waals surface area contributed by atoms with Crippen LogP contribution in [-0.2, 0) is 16.0 Å². The second kappa shape index (κ2) is 7.39. The maximum absolute atomic E-state index is 10.4. The van der Waals surface area contributed by atoms with Crippen molar-refractivity contribution >= 4 is 0 Å². The normalized spacial score (nSPS) is 29.8. The van der Waals surface area contributed by atoms with E-state index in [1.807, 2.05) is 12.1 Å². The molecule has 3 rings (SSSR count). The SMILES string of the molecule is Oc1ccccc1CNC1COC(CN2CCOCC2)C1O. The molecule has 0 aromatic heterocycles. The number of aliphatic hydroxyl groups excluding tert-OH is 1. The van der Waals surface area contributed by atoms with Gasteiger partial charge in [0.05, 0.1) is 38.1 Å². The zero-order valence-corrected chi connectivity index (χ0v) is 12.6. The summed E-state index contributed by atoms with van der Waals surface area (Å²) in [5.41, 5.74) is 0.825. The van der Waals surface area contributed by atoms with E-state index in [1.165, 1.54) is 0 Å². The van der Waals surface area contributed by atoms with Crippen molar-refractivity contribution in [1.82, 2.24) is 10.2 Å². The van der Waals surface area contributed by atoms with E-state index in [1.54, 1.807) is 12.1 Å². The first-order valence-corrected chi connectivity index (χ1v) is 7.84. The zero-order chi connectivity index (χ0) is 15.4. The van der Waals surface area contributed by atoms with Gasteiger partial charge in [0.2, 0.25) is 0 Å². The molecule has 1 aromatic rings. The van der Waals surface area contributed by atoms with Crippen LogP contribution in [0.1, 0.15) is 5.56 Å². The van der Waals surface area contributed by atoms with E-state index >= 15 is 0 Å². The van der Waals surface area contributed by atoms with Crippen molar-refractivity contribution in [2.45, 2.75) is 24.8 Å². The Bertz CT molecular complexity index is 479. The molecule has 3 atom stereocenters. The van der Waals surface area contributed by atoms with Crippen LogP contribution in [-0.4, -0.2) is 72.8 Å². The topological polar surface area (TPSA) is 74.2 Å². The fourth-order valence-corrected chi connectivity index (χ4v) is 2.96. The highest BCUT2D eigenvalue weighted by Gasteiger charge is 2.36. The lowest BCUT2D eigenvalue weighted by atomic mass is 10.1. The Morgan fingerprint density at radius 1 is 1.23 bits per heavy atom. The van der Waals surface area contributed by atoms with Crippen LogP contribution in [0.25, 0.3) is 0 Å². The molecule has 2 aliphatic rings. The Balaban J connectivity index is 1.48. The van der Waals surface area contributed by atoms with Crippen molar-refractivity contribution in [3.05, 3.63) is 29.8 Å². The van der Waals surface area contributed by atoms with Crippen LogP contribution in [0.5, 0.6) is 5.75 Å². The first-order valence-electron chi connectivity index (χ1n) is 7.84. The van der Waals surface area contributed by atoms with Gasteiger partial charge in [-0.3, -0.25) is 4.90 Å². The zero-order valence-electron chi connectivity index (χ0n) is 12.6. The van der Waals surface area contributed by atoms with Crippen molar-refractivity contribution in [1.29, 1.82) is 0 Å². The van der Waals surface area contributed by atoms with Crippen LogP contribution in [0.3, 0.4) is 0 Å². The van der Waals surface area contributed by atoms with Gasteiger partial charge in [-0.05, 0) is 6.07 Å². The largest absolute Gasteiger partial charge is 0.508 e. The van der Waals surface area contributed by atoms with Crippen LogP contribution >= 0.6 is 0 Å². The van der Waals surface area contributed by atoms with Crippen LogP contribution in [0.15, 0.2) is 24.3 Å². The van der Waals surface area contributed by atoms with Gasteiger partial charge in [0.15, 0.2) is 0 Å². The summed E-state index contributed by atoms with van der Waals surface area (Å²) in [4.78, 5) is 2.27. The summed E-state index contributed by atoms with van der Waals surface area (Å²) in [6, 6.07) is 7.12. The summed E-state index contributed by atoms with van der Waals surface area (Å²) in [6.45, 7) is 5.02. The molecule has 0 saturated carbocycles. The molecular formula is C16H24N2O4. The lowest BCUT2D eigenvalue weighted by molar-refractivity contribution is -0.0181. The number of phenols is 1. The summed E-state index contributed by atoms with van der Waals surface area (Å²) < 4.78 is 11.1. The fourth-order valence-electron chi connectivity index (χ4n) is 2.96. The van der Waals surface area contributed by atoms with Crippen LogP contribution < -0.4 is 5.32 Å². The van der Waals surface area contributed by atoms with E-state index in [9.17, 15) is 10.2 Å². The van der Waals surface area contributed by atoms with E-state index < -0.39 is 6.10 Å². The average molecular weight is 308 g/mol. The maximum atomic E-state index is 10.4. The highest BCUT2D eigenvalue weighted by Crippen LogP contribution is 2.19. The molecule has 2 fully saturated rings. The number of nitrogens with one attached hydrogen (secondary N) is 1. The Morgan fingerprint density at radius 2 is 2.00 bits per heavy atom. The third-order valence-electron chi connectivity index (χ3n) is 4.37. The quantitative estimate of drug-likeness (QED) is 0.708. The number of ether oxygens (including phenoxy) is 2. The molecule has 0 spiro atoms. The molecule has 0 bridgehead atoms. The van der Waals surface area contributed by atoms with Gasteiger partial charge in [-0.25, -0.2) is 0 Å². The Hall–Kier alpha value is -1.18. The number of benzene rings is 1. The van der Waals surface area contributed by atoms with Crippen LogP contribution in [0.4, 0.5) is 0 Å². The predicted molar refractivity (Wildman–Crippen MR) is 81.7 cm³/mol. The molecule has 22 heavy (non-hydrogen) atoms. The molecule has 3 unspecified atom stereocenters. The molecule has 6 nitrogen and oxygen atoms in total. The average Bonchev–Trinajstić information content (AvgIpc) is 2.88. The van der Waals surface area contributed by atoms with Gasteiger partial charge in [-0.1, -0.05) is 18.2 Å². The van der Waals surface area contributed by atoms with E-state index in [4.69, 9.17) is 9.47 Å². The molecule has 0 amide bonds. The summed E-state index contributed by atoms with van der Waals surface area (Å²) >= 11 is 0. The molecule has 1 aromatic carbocycles. The minimum absolute atomic E-state index is 0.106. The van der Waals surface area contributed by atoms with Gasteiger partial charge in [0, 0.05) is 31.7 Å². The monoisotopic (exact) mass is 308 g/mol. The Labute approximate surface area is 130 Å². The first-order chi connectivity index (χ1) is 10.7. The number of hydrogen-bond donors (Lipinski definition) is 3. The van der Waals surface area contributed by atoms with Crippen molar-refractivity contribution < 1.29 is 19.7 Å². The molecule has 122 valence electrons. The van der Waals surface area contributed by atoms with Gasteiger partial charge in [-0.2, -0.15) is 0 Å². The number of phenolic OH excluding ortho intramolecular Hbond substituents is 1. The lowest BCUT2D eigenvalue weighted by Gasteiger charge is -2.30. The van der Waals surface area contributed by atoms with Gasteiger partial charge in [0.25, 0.3) is 0 Å². The van der Waals surface area contributed by atoms with E-state index in [0.29, 0.717) is 13.2 Å². The molecule has 6 heteroatoms. The number of aliphatic hydroxyl groups is 1. The number of hydrogen-bond acceptors (Lipinski definition) is 6. The molecular weight excluding hydrogens is 284 g/mol. The van der Waals surface area contributed by atoms with Crippen molar-refractivity contribution in [3.8, 4) is 5.75 Å². The maximum Gasteiger partial charge on any atom is 0.120 e. The number of rotatable bonds is 5. The molecule has 0 aliphatic carbocycles. The highest BCUT2D eigenvalue weighted by molar-refractivity contribution is 5.31. The molecule has 3 N–H and O–H groups in total. The van der Waals surface area contributed by atoms with E-state index in [2.05, 4.69) is 10.2 Å². The number of morpholine rings is 1. The minimum atomic E-state index is -0.534. The molecule has 2 heterocycles. The van der Waals surface area contributed by atoms with Crippen molar-refractivity contribution in [3.63, 3.8) is 0 Å². The number of nitrogens with zero attached hydrogens (tertiary/aromatic N) is 1. The van der Waals surface area contributed by atoms with E-state index in [0.717, 1.165) is 38.4 Å². The van der Waals surface area contributed by atoms with Crippen LogP contribution in [0, 0.1) is 0 Å². The minimum Gasteiger partial charge on any atom is -0.508 e. The smallest absolute Gasteiger partial charge is 0.120 e. The highest BCUT2D eigenvalue weighted by atomic mass is 16.5. The summed E-state index contributed by atoms with van der Waals surface area (Å²) in [5.74, 6) is 0.272. The third-order valence-corrected chi connectivity index (χ3v) is 4.37. The van der Waals surface area contributed by atoms with Crippen molar-refractivity contribution in [2.24, 2.45) is 0 Å². The third kappa shape index (κ3) is 3.77. The Morgan fingerprint density at radius 3 is 2.77 bits per heavy atom. The lowest BCUT2D eigenvalue weighted by Crippen LogP contribution is -2.47. The van der Waals surface area contributed by atoms with Gasteiger partial charge in [0.1, 0.15) is 5.75 Å². The predicted octanol–water partition coefficient (Wildman–Crippen LogP) is -0.0577. The van der Waals surface area contributed by atoms with Gasteiger partial charge in [-0.15, -0.1) is 0 Å². The Kier molecular flexibility index (Phi) is 5.28. The summed E-state index contributed by atoms with van der Waals surface area (Å²) in [7, 11) is 0. The fraction of sp³-hybridized carbons (Fsp3) is 0.625. The number of para-hydroxylation sites is 1. The van der Waals surface area contributed by atoms with Gasteiger partial charge >= 0.3 is 0 Å². The van der Waals surface area contributed by atoms with Crippen LogP contribution in [0.2, 0.25) is 0 Å². The number of aromatic hydroxyl groups is 1. The van der Waals surface area contributed by atoms with Gasteiger partial charge < -0.3 is 25.0 Å². The van der Waals surface area contributed by atoms with Crippen molar-refractivity contribution in [2.75, 3.05) is 39.5 Å². The summed E-state index contributed by atoms with van der Waals surface area (Å²) in [6.07, 6.45) is -0.700. The standard InChI is InChI=1S/C16H24N2O4/c19-14-4-2-1-3-12(14)9-17-13-11-22-15(16(13)20)10-18-5-7-21-8-6-18/h1-4,13,15-17,19-20H,5-11H2. The second-order valence-corrected chi connectivity index (χ2v) is 5.89. The first kappa shape index (κ1) is 15.7. The molecule has 0 radical (unpaired) electrons. The molecule has 2 saturated heterocycles.